The number of benzene rings is 3. The van der Waals surface area contributed by atoms with Gasteiger partial charge in [0, 0.05) is 12.5 Å². The highest BCUT2D eigenvalue weighted by Gasteiger charge is 2.34. The second kappa shape index (κ2) is 13.1. The molecule has 3 rings (SSSR count). The van der Waals surface area contributed by atoms with Crippen LogP contribution in [0.5, 0.6) is 0 Å². The topological polar surface area (TPSA) is 40.5 Å². The third-order valence-electron chi connectivity index (χ3n) is 6.36. The van der Waals surface area contributed by atoms with Crippen molar-refractivity contribution in [3.05, 3.63) is 108 Å². The van der Waals surface area contributed by atoms with E-state index in [0.717, 1.165) is 31.2 Å². The van der Waals surface area contributed by atoms with Crippen LogP contribution in [0.3, 0.4) is 0 Å². The molecule has 0 aromatic heterocycles. The number of Topliss-reactive ketones (excluding diaryl/α,β-unsaturated/α-hetero) is 1. The Balaban J connectivity index is 2.14. The van der Waals surface area contributed by atoms with Crippen LogP contribution in [0.1, 0.15) is 74.7 Å². The van der Waals surface area contributed by atoms with Gasteiger partial charge in [-0.3, -0.25) is 4.90 Å². The van der Waals surface area contributed by atoms with E-state index in [2.05, 4.69) is 72.5 Å². The zero-order chi connectivity index (χ0) is 23.5. The molecule has 33 heavy (non-hydrogen) atoms. The molecule has 0 spiro atoms. The molecular weight excluding hydrogens is 406 g/mol. The molecule has 0 saturated carbocycles. The Bertz CT molecular complexity index is 903. The van der Waals surface area contributed by atoms with Crippen molar-refractivity contribution in [2.45, 2.75) is 64.1 Å². The van der Waals surface area contributed by atoms with Crippen molar-refractivity contribution in [2.75, 3.05) is 6.61 Å². The van der Waals surface area contributed by atoms with Crippen molar-refractivity contribution in [1.82, 2.24) is 4.90 Å². The van der Waals surface area contributed by atoms with Gasteiger partial charge < -0.3 is 9.90 Å². The molecule has 0 fully saturated rings. The van der Waals surface area contributed by atoms with Gasteiger partial charge in [-0.2, -0.15) is 0 Å². The Labute approximate surface area is 199 Å². The van der Waals surface area contributed by atoms with E-state index < -0.39 is 0 Å². The molecule has 2 atom stereocenters. The summed E-state index contributed by atoms with van der Waals surface area (Å²) in [5.41, 5.74) is 3.54. The van der Waals surface area contributed by atoms with Gasteiger partial charge in [-0.05, 0) is 42.9 Å². The Hall–Kier alpha value is -2.75. The summed E-state index contributed by atoms with van der Waals surface area (Å²) in [5, 5.41) is 10.7. The first-order valence-electron chi connectivity index (χ1n) is 12.2. The van der Waals surface area contributed by atoms with Crippen LogP contribution >= 0.6 is 0 Å². The lowest BCUT2D eigenvalue weighted by Crippen LogP contribution is -2.43. The lowest BCUT2D eigenvalue weighted by Gasteiger charge is -2.44. The van der Waals surface area contributed by atoms with Crippen molar-refractivity contribution < 1.29 is 9.90 Å². The maximum Gasteiger partial charge on any atom is 0.129 e. The van der Waals surface area contributed by atoms with Crippen LogP contribution in [-0.4, -0.2) is 28.4 Å². The van der Waals surface area contributed by atoms with E-state index in [0.29, 0.717) is 6.42 Å². The molecule has 0 bridgehead atoms. The molecule has 0 aliphatic carbocycles. The number of aliphatic hydroxyl groups excluding tert-OH is 1. The molecule has 0 radical (unpaired) electrons. The summed E-state index contributed by atoms with van der Waals surface area (Å²) in [6.45, 7) is 3.92. The zero-order valence-electron chi connectivity index (χ0n) is 19.9. The summed E-state index contributed by atoms with van der Waals surface area (Å²) >= 11 is 0. The van der Waals surface area contributed by atoms with E-state index in [4.69, 9.17) is 0 Å². The fraction of sp³-hybridized carbons (Fsp3) is 0.367. The van der Waals surface area contributed by atoms with E-state index in [1.54, 1.807) is 6.92 Å². The van der Waals surface area contributed by atoms with Crippen molar-refractivity contribution in [2.24, 2.45) is 0 Å². The van der Waals surface area contributed by atoms with E-state index in [9.17, 15) is 9.90 Å². The number of carbonyl (C=O) groups is 1. The Morgan fingerprint density at radius 3 is 1.70 bits per heavy atom. The molecule has 0 unspecified atom stereocenters. The third-order valence-corrected chi connectivity index (χ3v) is 6.36. The summed E-state index contributed by atoms with van der Waals surface area (Å²) in [4.78, 5) is 14.2. The van der Waals surface area contributed by atoms with Crippen LogP contribution in [-0.2, 0) is 4.79 Å². The second-order valence-electron chi connectivity index (χ2n) is 8.82. The van der Waals surface area contributed by atoms with Gasteiger partial charge in [0.25, 0.3) is 0 Å². The fourth-order valence-corrected chi connectivity index (χ4v) is 4.86. The van der Waals surface area contributed by atoms with Crippen molar-refractivity contribution in [3.63, 3.8) is 0 Å². The monoisotopic (exact) mass is 443 g/mol. The quantitative estimate of drug-likeness (QED) is 0.318. The van der Waals surface area contributed by atoms with Crippen molar-refractivity contribution >= 4 is 5.78 Å². The fourth-order valence-electron chi connectivity index (χ4n) is 4.86. The summed E-state index contributed by atoms with van der Waals surface area (Å²) in [7, 11) is 0. The van der Waals surface area contributed by atoms with Crippen LogP contribution in [0.2, 0.25) is 0 Å². The van der Waals surface area contributed by atoms with Crippen LogP contribution in [0.4, 0.5) is 0 Å². The van der Waals surface area contributed by atoms with Gasteiger partial charge in [-0.1, -0.05) is 104 Å². The Kier molecular flexibility index (Phi) is 9.86. The number of rotatable bonds is 13. The molecule has 1 N–H and O–H groups in total. The van der Waals surface area contributed by atoms with Gasteiger partial charge in [0.15, 0.2) is 0 Å². The minimum atomic E-state index is -0.148. The number of aliphatic hydroxyl groups is 1. The number of nitrogens with zero attached hydrogens (tertiary/aromatic N) is 1. The van der Waals surface area contributed by atoms with Gasteiger partial charge in [-0.25, -0.2) is 0 Å². The summed E-state index contributed by atoms with van der Waals surface area (Å²) < 4.78 is 0. The standard InChI is InChI=1S/C30H37NO2/c1-3-14-28(22-13-15-24(2)33)31(29(23-32)25-16-7-4-8-17-25)30(26-18-9-5-10-19-26)27-20-11-6-12-21-27/h4-12,16-21,28-30,32H,3,13-15,22-23H2,1-2H3/t28-,29+/m1/s1. The number of hydrogen-bond acceptors (Lipinski definition) is 3. The molecule has 0 amide bonds. The second-order valence-corrected chi connectivity index (χ2v) is 8.82. The first-order chi connectivity index (χ1) is 16.2. The van der Waals surface area contributed by atoms with Gasteiger partial charge in [-0.15, -0.1) is 0 Å². The molecular formula is C30H37NO2. The molecule has 3 aromatic carbocycles. The normalized spacial score (nSPS) is 13.2. The highest BCUT2D eigenvalue weighted by atomic mass is 16.3. The van der Waals surface area contributed by atoms with Crippen molar-refractivity contribution in [3.8, 4) is 0 Å². The number of ketones is 1. The van der Waals surface area contributed by atoms with Gasteiger partial charge in [0.1, 0.15) is 5.78 Å². The molecule has 0 aliphatic rings. The minimum absolute atomic E-state index is 0.00126. The molecule has 3 nitrogen and oxygen atoms in total. The SMILES string of the molecule is CCC[C@H](CCCC(C)=O)N(C(c1ccccc1)c1ccccc1)[C@@H](CO)c1ccccc1. The predicted octanol–water partition coefficient (Wildman–Crippen LogP) is 6.74. The largest absolute Gasteiger partial charge is 0.394 e. The van der Waals surface area contributed by atoms with Crippen LogP contribution in [0.25, 0.3) is 0 Å². The summed E-state index contributed by atoms with van der Waals surface area (Å²) in [5.74, 6) is 0.237. The first kappa shape index (κ1) is 24.9. The predicted molar refractivity (Wildman–Crippen MR) is 136 cm³/mol. The number of hydrogen-bond donors (Lipinski definition) is 1. The lowest BCUT2D eigenvalue weighted by atomic mass is 9.89. The van der Waals surface area contributed by atoms with Crippen LogP contribution < -0.4 is 0 Å². The molecule has 174 valence electrons. The lowest BCUT2D eigenvalue weighted by molar-refractivity contribution is -0.117. The van der Waals surface area contributed by atoms with E-state index in [1.807, 2.05) is 30.3 Å². The number of carbonyl (C=O) groups excluding carboxylic acids is 1. The molecule has 3 heteroatoms. The van der Waals surface area contributed by atoms with Crippen LogP contribution in [0, 0.1) is 0 Å². The van der Waals surface area contributed by atoms with E-state index in [1.165, 1.54) is 11.1 Å². The average molecular weight is 444 g/mol. The third kappa shape index (κ3) is 6.86. The first-order valence-corrected chi connectivity index (χ1v) is 12.2. The molecule has 0 heterocycles. The van der Waals surface area contributed by atoms with E-state index in [-0.39, 0.29) is 30.5 Å². The van der Waals surface area contributed by atoms with Crippen LogP contribution in [0.15, 0.2) is 91.0 Å². The molecule has 0 saturated heterocycles. The van der Waals surface area contributed by atoms with Gasteiger partial charge in [0.05, 0.1) is 18.7 Å². The maximum absolute atomic E-state index is 11.7. The summed E-state index contributed by atoms with van der Waals surface area (Å²) in [6.07, 6.45) is 4.44. The highest BCUT2D eigenvalue weighted by molar-refractivity contribution is 5.75. The van der Waals surface area contributed by atoms with Crippen molar-refractivity contribution in [1.29, 1.82) is 0 Å². The molecule has 0 aliphatic heterocycles. The maximum atomic E-state index is 11.7. The smallest absolute Gasteiger partial charge is 0.129 e. The van der Waals surface area contributed by atoms with Gasteiger partial charge in [0.2, 0.25) is 0 Å². The van der Waals surface area contributed by atoms with Gasteiger partial charge >= 0.3 is 0 Å². The Morgan fingerprint density at radius 2 is 1.27 bits per heavy atom. The minimum Gasteiger partial charge on any atom is -0.394 e. The van der Waals surface area contributed by atoms with E-state index >= 15 is 0 Å². The zero-order valence-corrected chi connectivity index (χ0v) is 19.9. The Morgan fingerprint density at radius 1 is 0.788 bits per heavy atom. The average Bonchev–Trinajstić information content (AvgIpc) is 2.85. The summed E-state index contributed by atoms with van der Waals surface area (Å²) in [6, 6.07) is 31.6. The highest BCUT2D eigenvalue weighted by Crippen LogP contribution is 2.39. The molecule has 3 aromatic rings.